The van der Waals surface area contributed by atoms with Crippen LogP contribution in [0, 0.1) is 28.6 Å². The number of piperidine rings is 1. The summed E-state index contributed by atoms with van der Waals surface area (Å²) in [6.07, 6.45) is 3.09. The van der Waals surface area contributed by atoms with Crippen LogP contribution in [-0.2, 0) is 5.41 Å². The minimum Gasteiger partial charge on any atom is -0.317 e. The summed E-state index contributed by atoms with van der Waals surface area (Å²) in [6.45, 7) is 1.93. The van der Waals surface area contributed by atoms with Crippen molar-refractivity contribution in [3.05, 3.63) is 35.9 Å². The third-order valence-corrected chi connectivity index (χ3v) is 4.16. The van der Waals surface area contributed by atoms with Crippen molar-refractivity contribution in [2.24, 2.45) is 5.92 Å². The van der Waals surface area contributed by atoms with E-state index < -0.39 is 5.41 Å². The lowest BCUT2D eigenvalue weighted by Crippen LogP contribution is -2.41. The van der Waals surface area contributed by atoms with Crippen molar-refractivity contribution in [2.45, 2.75) is 31.1 Å². The zero-order valence-electron chi connectivity index (χ0n) is 11.1. The van der Waals surface area contributed by atoms with Crippen molar-refractivity contribution in [1.82, 2.24) is 5.32 Å². The first kappa shape index (κ1) is 13.6. The zero-order chi connectivity index (χ0) is 13.6. The fourth-order valence-corrected chi connectivity index (χ4v) is 3.10. The summed E-state index contributed by atoms with van der Waals surface area (Å²) < 4.78 is 0. The Morgan fingerprint density at radius 2 is 1.84 bits per heavy atom. The van der Waals surface area contributed by atoms with E-state index >= 15 is 0 Å². The van der Waals surface area contributed by atoms with Crippen molar-refractivity contribution < 1.29 is 0 Å². The van der Waals surface area contributed by atoms with Gasteiger partial charge in [0.25, 0.3) is 0 Å². The van der Waals surface area contributed by atoms with Crippen LogP contribution in [-0.4, -0.2) is 13.1 Å². The standard InChI is InChI=1S/C16H19N3/c17-10-4-9-16(13-18,14-5-2-1-3-6-14)15-7-11-19-12-8-15/h1-3,5-6,15,19H,4,7-9,11-12H2/t16-/m0/s1. The lowest BCUT2D eigenvalue weighted by Gasteiger charge is -2.37. The molecule has 0 radical (unpaired) electrons. The van der Waals surface area contributed by atoms with Crippen molar-refractivity contribution in [3.63, 3.8) is 0 Å². The number of benzene rings is 1. The van der Waals surface area contributed by atoms with Crippen molar-refractivity contribution >= 4 is 0 Å². The number of rotatable bonds is 4. The van der Waals surface area contributed by atoms with Crippen LogP contribution < -0.4 is 5.32 Å². The molecule has 2 rings (SSSR count). The molecule has 19 heavy (non-hydrogen) atoms. The van der Waals surface area contributed by atoms with Gasteiger partial charge in [0, 0.05) is 6.42 Å². The summed E-state index contributed by atoms with van der Waals surface area (Å²) in [6, 6.07) is 14.8. The highest BCUT2D eigenvalue weighted by atomic mass is 14.9. The predicted octanol–water partition coefficient (Wildman–Crippen LogP) is 2.75. The normalized spacial score (nSPS) is 19.1. The molecule has 1 fully saturated rings. The second-order valence-electron chi connectivity index (χ2n) is 5.13. The molecule has 98 valence electrons. The highest BCUT2D eigenvalue weighted by Gasteiger charge is 2.40. The van der Waals surface area contributed by atoms with Gasteiger partial charge in [-0.1, -0.05) is 30.3 Å². The van der Waals surface area contributed by atoms with E-state index in [9.17, 15) is 5.26 Å². The summed E-state index contributed by atoms with van der Waals surface area (Å²) in [7, 11) is 0. The molecular weight excluding hydrogens is 234 g/mol. The molecular formula is C16H19N3. The summed E-state index contributed by atoms with van der Waals surface area (Å²) >= 11 is 0. The van der Waals surface area contributed by atoms with E-state index in [4.69, 9.17) is 5.26 Å². The van der Waals surface area contributed by atoms with Crippen LogP contribution >= 0.6 is 0 Å². The van der Waals surface area contributed by atoms with Gasteiger partial charge in [-0.05, 0) is 43.8 Å². The van der Waals surface area contributed by atoms with Crippen molar-refractivity contribution in [2.75, 3.05) is 13.1 Å². The summed E-state index contributed by atoms with van der Waals surface area (Å²) in [4.78, 5) is 0. The second-order valence-corrected chi connectivity index (χ2v) is 5.13. The Bertz CT molecular complexity index is 477. The number of hydrogen-bond acceptors (Lipinski definition) is 3. The Morgan fingerprint density at radius 1 is 1.16 bits per heavy atom. The molecule has 1 atom stereocenters. The van der Waals surface area contributed by atoms with Crippen LogP contribution in [0.4, 0.5) is 0 Å². The number of nitrogens with zero attached hydrogens (tertiary/aromatic N) is 2. The molecule has 0 amide bonds. The molecule has 3 nitrogen and oxygen atoms in total. The van der Waals surface area contributed by atoms with E-state index in [0.29, 0.717) is 18.8 Å². The molecule has 1 aliphatic heterocycles. The molecule has 1 N–H and O–H groups in total. The Kier molecular flexibility index (Phi) is 4.55. The van der Waals surface area contributed by atoms with Gasteiger partial charge in [0.05, 0.1) is 17.6 Å². The van der Waals surface area contributed by atoms with Gasteiger partial charge in [-0.2, -0.15) is 10.5 Å². The Hall–Kier alpha value is -1.84. The van der Waals surface area contributed by atoms with E-state index in [1.165, 1.54) is 0 Å². The Balaban J connectivity index is 2.36. The Morgan fingerprint density at radius 3 is 2.42 bits per heavy atom. The lowest BCUT2D eigenvalue weighted by molar-refractivity contribution is 0.251. The van der Waals surface area contributed by atoms with E-state index in [0.717, 1.165) is 31.5 Å². The Labute approximate surface area is 114 Å². The largest absolute Gasteiger partial charge is 0.317 e. The van der Waals surface area contributed by atoms with Gasteiger partial charge >= 0.3 is 0 Å². The smallest absolute Gasteiger partial charge is 0.0861 e. The van der Waals surface area contributed by atoms with Crippen LogP contribution in [0.15, 0.2) is 30.3 Å². The molecule has 0 spiro atoms. The van der Waals surface area contributed by atoms with Gasteiger partial charge in [0.2, 0.25) is 0 Å². The van der Waals surface area contributed by atoms with Crippen molar-refractivity contribution in [3.8, 4) is 12.1 Å². The van der Waals surface area contributed by atoms with Crippen LogP contribution in [0.5, 0.6) is 0 Å². The first-order valence-electron chi connectivity index (χ1n) is 6.88. The van der Waals surface area contributed by atoms with Gasteiger partial charge in [0.15, 0.2) is 0 Å². The van der Waals surface area contributed by atoms with Gasteiger partial charge in [-0.25, -0.2) is 0 Å². The summed E-state index contributed by atoms with van der Waals surface area (Å²) in [5, 5.41) is 22.1. The van der Waals surface area contributed by atoms with Gasteiger partial charge in [-0.3, -0.25) is 0 Å². The van der Waals surface area contributed by atoms with Crippen molar-refractivity contribution in [1.29, 1.82) is 10.5 Å². The third-order valence-electron chi connectivity index (χ3n) is 4.16. The molecule has 1 aliphatic rings. The summed E-state index contributed by atoms with van der Waals surface area (Å²) in [5.41, 5.74) is 0.568. The second kappa shape index (κ2) is 6.36. The lowest BCUT2D eigenvalue weighted by atomic mass is 9.65. The number of nitriles is 2. The van der Waals surface area contributed by atoms with Gasteiger partial charge in [-0.15, -0.1) is 0 Å². The SMILES string of the molecule is N#CCC[C@](C#N)(c1ccccc1)C1CCNCC1. The quantitative estimate of drug-likeness (QED) is 0.897. The molecule has 1 heterocycles. The average molecular weight is 253 g/mol. The van der Waals surface area contributed by atoms with Crippen LogP contribution in [0.3, 0.4) is 0 Å². The molecule has 1 aromatic carbocycles. The highest BCUT2D eigenvalue weighted by Crippen LogP contribution is 2.40. The predicted molar refractivity (Wildman–Crippen MR) is 74.2 cm³/mol. The number of hydrogen-bond donors (Lipinski definition) is 1. The zero-order valence-corrected chi connectivity index (χ0v) is 11.1. The fraction of sp³-hybridized carbons (Fsp3) is 0.500. The average Bonchev–Trinajstić information content (AvgIpc) is 2.51. The van der Waals surface area contributed by atoms with E-state index in [1.54, 1.807) is 0 Å². The molecule has 0 bridgehead atoms. The maximum Gasteiger partial charge on any atom is 0.0861 e. The minimum absolute atomic E-state index is 0.342. The molecule has 0 unspecified atom stereocenters. The highest BCUT2D eigenvalue weighted by molar-refractivity contribution is 5.34. The first-order valence-corrected chi connectivity index (χ1v) is 6.88. The molecule has 0 saturated carbocycles. The van der Waals surface area contributed by atoms with Crippen LogP contribution in [0.1, 0.15) is 31.2 Å². The first-order chi connectivity index (χ1) is 9.33. The fourth-order valence-electron chi connectivity index (χ4n) is 3.10. The molecule has 3 heteroatoms. The number of nitrogens with one attached hydrogen (secondary N) is 1. The molecule has 1 saturated heterocycles. The van der Waals surface area contributed by atoms with Gasteiger partial charge in [0.1, 0.15) is 0 Å². The molecule has 1 aromatic rings. The topological polar surface area (TPSA) is 59.6 Å². The van der Waals surface area contributed by atoms with E-state index in [1.807, 2.05) is 30.3 Å². The van der Waals surface area contributed by atoms with Crippen LogP contribution in [0.2, 0.25) is 0 Å². The van der Waals surface area contributed by atoms with E-state index in [2.05, 4.69) is 17.5 Å². The monoisotopic (exact) mass is 253 g/mol. The minimum atomic E-state index is -0.501. The van der Waals surface area contributed by atoms with Crippen LogP contribution in [0.25, 0.3) is 0 Å². The van der Waals surface area contributed by atoms with E-state index in [-0.39, 0.29) is 0 Å². The molecule has 0 aliphatic carbocycles. The molecule has 0 aromatic heterocycles. The third kappa shape index (κ3) is 2.78. The maximum atomic E-state index is 9.83. The maximum absolute atomic E-state index is 9.83. The summed E-state index contributed by atoms with van der Waals surface area (Å²) in [5.74, 6) is 0.342. The van der Waals surface area contributed by atoms with Gasteiger partial charge < -0.3 is 5.32 Å².